The molecule has 1 heterocycles. The van der Waals surface area contributed by atoms with E-state index in [4.69, 9.17) is 0 Å². The molecule has 4 nitrogen and oxygen atoms in total. The minimum Gasteiger partial charge on any atom is -0.478 e. The van der Waals surface area contributed by atoms with Crippen molar-refractivity contribution >= 4 is 11.9 Å². The topological polar surface area (TPSA) is 57.6 Å². The van der Waals surface area contributed by atoms with Gasteiger partial charge in [0.25, 0.3) is 5.91 Å². The Morgan fingerprint density at radius 3 is 2.57 bits per heavy atom. The van der Waals surface area contributed by atoms with Crippen LogP contribution in [0.1, 0.15) is 44.3 Å². The van der Waals surface area contributed by atoms with Gasteiger partial charge in [-0.2, -0.15) is 0 Å². The Morgan fingerprint density at radius 2 is 1.91 bits per heavy atom. The molecule has 4 heteroatoms. The number of hydrogen-bond acceptors (Lipinski definition) is 2. The second-order valence-corrected chi connectivity index (χ2v) is 5.53. The number of aromatic carboxylic acids is 1. The smallest absolute Gasteiger partial charge is 0.336 e. The van der Waals surface area contributed by atoms with Crippen molar-refractivity contribution in [3.63, 3.8) is 0 Å². The third-order valence-electron chi connectivity index (χ3n) is 4.12. The van der Waals surface area contributed by atoms with Crippen LogP contribution in [0.25, 0.3) is 0 Å². The van der Waals surface area contributed by atoms with Crippen molar-refractivity contribution in [1.29, 1.82) is 0 Å². The Labute approximate surface area is 134 Å². The molecule has 1 aliphatic rings. The van der Waals surface area contributed by atoms with Crippen molar-refractivity contribution in [3.05, 3.63) is 83.4 Å². The first-order valence-corrected chi connectivity index (χ1v) is 7.45. The summed E-state index contributed by atoms with van der Waals surface area (Å²) in [5.41, 5.74) is 2.16. The lowest BCUT2D eigenvalue weighted by Crippen LogP contribution is -2.27. The van der Waals surface area contributed by atoms with Gasteiger partial charge < -0.3 is 10.0 Å². The molecule has 0 spiro atoms. The van der Waals surface area contributed by atoms with E-state index in [-0.39, 0.29) is 17.5 Å². The maximum atomic E-state index is 12.8. The summed E-state index contributed by atoms with van der Waals surface area (Å²) in [5.74, 6) is -1.30. The third kappa shape index (κ3) is 2.63. The average molecular weight is 307 g/mol. The minimum absolute atomic E-state index is 0.0668. The zero-order valence-corrected chi connectivity index (χ0v) is 12.6. The van der Waals surface area contributed by atoms with Gasteiger partial charge >= 0.3 is 5.97 Å². The maximum absolute atomic E-state index is 12.8. The molecule has 23 heavy (non-hydrogen) atoms. The van der Waals surface area contributed by atoms with Gasteiger partial charge in [0.1, 0.15) is 0 Å². The SMILES string of the molecule is C=CCC1c2cccc(C(=O)O)c2C(=O)N1Cc1ccccc1. The van der Waals surface area contributed by atoms with E-state index in [0.29, 0.717) is 18.5 Å². The lowest BCUT2D eigenvalue weighted by molar-refractivity contribution is 0.0668. The van der Waals surface area contributed by atoms with E-state index in [1.807, 2.05) is 36.4 Å². The molecule has 0 saturated heterocycles. The average Bonchev–Trinajstić information content (AvgIpc) is 2.82. The van der Waals surface area contributed by atoms with E-state index >= 15 is 0 Å². The van der Waals surface area contributed by atoms with E-state index in [1.54, 1.807) is 17.0 Å². The Morgan fingerprint density at radius 1 is 1.17 bits per heavy atom. The molecule has 116 valence electrons. The molecule has 0 bridgehead atoms. The lowest BCUT2D eigenvalue weighted by atomic mass is 9.98. The van der Waals surface area contributed by atoms with Crippen molar-refractivity contribution in [3.8, 4) is 0 Å². The quantitative estimate of drug-likeness (QED) is 0.858. The second-order valence-electron chi connectivity index (χ2n) is 5.53. The van der Waals surface area contributed by atoms with Gasteiger partial charge in [-0.25, -0.2) is 4.79 Å². The first-order valence-electron chi connectivity index (χ1n) is 7.45. The van der Waals surface area contributed by atoms with Gasteiger partial charge in [-0.05, 0) is 23.6 Å². The van der Waals surface area contributed by atoms with E-state index < -0.39 is 5.97 Å². The van der Waals surface area contributed by atoms with Gasteiger partial charge in [0.15, 0.2) is 0 Å². The number of carboxylic acids is 1. The lowest BCUT2D eigenvalue weighted by Gasteiger charge is -2.24. The standard InChI is InChI=1S/C19H17NO3/c1-2-7-16-14-10-6-11-15(19(22)23)17(14)18(21)20(16)12-13-8-4-3-5-9-13/h2-6,8-11,16H,1,7,12H2,(H,22,23). The molecule has 3 rings (SSSR count). The number of carboxylic acid groups (broad SMARTS) is 1. The van der Waals surface area contributed by atoms with E-state index in [2.05, 4.69) is 6.58 Å². The van der Waals surface area contributed by atoms with Crippen LogP contribution in [0.5, 0.6) is 0 Å². The Balaban J connectivity index is 2.04. The van der Waals surface area contributed by atoms with Gasteiger partial charge in [-0.15, -0.1) is 6.58 Å². The molecular weight excluding hydrogens is 290 g/mol. The Bertz CT molecular complexity index is 767. The summed E-state index contributed by atoms with van der Waals surface area (Å²) in [6.07, 6.45) is 2.35. The van der Waals surface area contributed by atoms with Crippen LogP contribution in [0.4, 0.5) is 0 Å². The summed E-state index contributed by atoms with van der Waals surface area (Å²) in [4.78, 5) is 26.0. The number of nitrogens with zero attached hydrogens (tertiary/aromatic N) is 1. The fraction of sp³-hybridized carbons (Fsp3) is 0.158. The predicted octanol–water partition coefficient (Wildman–Crippen LogP) is 3.66. The van der Waals surface area contributed by atoms with Gasteiger partial charge in [0.05, 0.1) is 17.2 Å². The summed E-state index contributed by atoms with van der Waals surface area (Å²) >= 11 is 0. The van der Waals surface area contributed by atoms with Crippen molar-refractivity contribution in [1.82, 2.24) is 4.90 Å². The molecule has 1 unspecified atom stereocenters. The summed E-state index contributed by atoms with van der Waals surface area (Å²) in [7, 11) is 0. The highest BCUT2D eigenvalue weighted by molar-refractivity contribution is 6.08. The molecule has 1 N–H and O–H groups in total. The van der Waals surface area contributed by atoms with Crippen LogP contribution < -0.4 is 0 Å². The van der Waals surface area contributed by atoms with Gasteiger partial charge in [-0.3, -0.25) is 4.79 Å². The zero-order chi connectivity index (χ0) is 16.4. The summed E-state index contributed by atoms with van der Waals surface area (Å²) in [6, 6.07) is 14.5. The number of benzene rings is 2. The molecule has 1 amide bonds. The molecular formula is C19H17NO3. The second kappa shape index (κ2) is 6.08. The minimum atomic E-state index is -1.07. The molecule has 2 aromatic rings. The fourth-order valence-electron chi connectivity index (χ4n) is 3.09. The highest BCUT2D eigenvalue weighted by Crippen LogP contribution is 2.38. The van der Waals surface area contributed by atoms with Gasteiger partial charge in [-0.1, -0.05) is 48.5 Å². The summed E-state index contributed by atoms with van der Waals surface area (Å²) in [6.45, 7) is 4.22. The molecule has 1 atom stereocenters. The number of carbonyl (C=O) groups excluding carboxylic acids is 1. The highest BCUT2D eigenvalue weighted by atomic mass is 16.4. The normalized spacial score (nSPS) is 16.3. The Hall–Kier alpha value is -2.88. The summed E-state index contributed by atoms with van der Waals surface area (Å²) < 4.78 is 0. The van der Waals surface area contributed by atoms with Crippen molar-refractivity contribution < 1.29 is 14.7 Å². The molecule has 1 aliphatic heterocycles. The van der Waals surface area contributed by atoms with Crippen LogP contribution in [0, 0.1) is 0 Å². The fourth-order valence-corrected chi connectivity index (χ4v) is 3.09. The molecule has 0 saturated carbocycles. The molecule has 0 aromatic heterocycles. The number of amides is 1. The Kier molecular flexibility index (Phi) is 3.98. The van der Waals surface area contributed by atoms with Crippen LogP contribution in [-0.2, 0) is 6.54 Å². The largest absolute Gasteiger partial charge is 0.478 e. The number of hydrogen-bond donors (Lipinski definition) is 1. The molecule has 0 aliphatic carbocycles. The summed E-state index contributed by atoms with van der Waals surface area (Å²) in [5, 5.41) is 9.37. The first kappa shape index (κ1) is 15.0. The maximum Gasteiger partial charge on any atom is 0.336 e. The van der Waals surface area contributed by atoms with Crippen LogP contribution >= 0.6 is 0 Å². The monoisotopic (exact) mass is 307 g/mol. The van der Waals surface area contributed by atoms with Crippen LogP contribution in [0.3, 0.4) is 0 Å². The van der Waals surface area contributed by atoms with E-state index in [0.717, 1.165) is 11.1 Å². The first-order chi connectivity index (χ1) is 11.1. The van der Waals surface area contributed by atoms with Gasteiger partial charge in [0.2, 0.25) is 0 Å². The van der Waals surface area contributed by atoms with Crippen molar-refractivity contribution in [2.75, 3.05) is 0 Å². The van der Waals surface area contributed by atoms with E-state index in [9.17, 15) is 14.7 Å². The number of rotatable bonds is 5. The van der Waals surface area contributed by atoms with E-state index in [1.165, 1.54) is 6.07 Å². The molecule has 2 aromatic carbocycles. The van der Waals surface area contributed by atoms with Gasteiger partial charge in [0, 0.05) is 6.54 Å². The molecule has 0 fully saturated rings. The number of fused-ring (bicyclic) bond motifs is 1. The predicted molar refractivity (Wildman–Crippen MR) is 87.3 cm³/mol. The van der Waals surface area contributed by atoms with Crippen LogP contribution in [0.2, 0.25) is 0 Å². The van der Waals surface area contributed by atoms with Crippen molar-refractivity contribution in [2.45, 2.75) is 19.0 Å². The van der Waals surface area contributed by atoms with Crippen molar-refractivity contribution in [2.24, 2.45) is 0 Å². The zero-order valence-electron chi connectivity index (χ0n) is 12.6. The third-order valence-corrected chi connectivity index (χ3v) is 4.12. The van der Waals surface area contributed by atoms with Crippen LogP contribution in [0.15, 0.2) is 61.2 Å². The molecule has 0 radical (unpaired) electrons. The van der Waals surface area contributed by atoms with Crippen LogP contribution in [-0.4, -0.2) is 21.9 Å². The highest BCUT2D eigenvalue weighted by Gasteiger charge is 2.38. The number of carbonyl (C=O) groups is 2.